The van der Waals surface area contributed by atoms with Crippen LogP contribution in [0.25, 0.3) is 5.65 Å². The van der Waals surface area contributed by atoms with Crippen molar-refractivity contribution in [2.75, 3.05) is 25.0 Å². The van der Waals surface area contributed by atoms with Crippen LogP contribution in [-0.2, 0) is 6.54 Å². The highest BCUT2D eigenvalue weighted by molar-refractivity contribution is 5.48. The third-order valence-electron chi connectivity index (χ3n) is 5.10. The fourth-order valence-corrected chi connectivity index (χ4v) is 3.35. The molecule has 0 N–H and O–H groups in total. The van der Waals surface area contributed by atoms with Gasteiger partial charge in [0, 0.05) is 38.5 Å². The van der Waals surface area contributed by atoms with Gasteiger partial charge in [0.05, 0.1) is 5.69 Å². The van der Waals surface area contributed by atoms with E-state index in [1.165, 1.54) is 12.8 Å². The minimum Gasteiger partial charge on any atom is -0.449 e. The van der Waals surface area contributed by atoms with Crippen LogP contribution in [0.5, 0.6) is 0 Å². The van der Waals surface area contributed by atoms with E-state index in [-0.39, 0.29) is 0 Å². The Kier molecular flexibility index (Phi) is 3.27. The lowest BCUT2D eigenvalue weighted by Crippen LogP contribution is -2.58. The maximum atomic E-state index is 5.28. The fraction of sp³-hybridized carbons (Fsp3) is 0.529. The number of hydrogen-bond donors (Lipinski definition) is 0. The lowest BCUT2D eigenvalue weighted by atomic mass is 10.1. The molecule has 1 aliphatic carbocycles. The molecule has 4 heterocycles. The number of oxazole rings is 1. The summed E-state index contributed by atoms with van der Waals surface area (Å²) in [5.41, 5.74) is 1.82. The van der Waals surface area contributed by atoms with Crippen molar-refractivity contribution in [3.8, 4) is 0 Å². The topological polar surface area (TPSA) is 75.6 Å². The molecule has 8 nitrogen and oxygen atoms in total. The number of nitrogens with zero attached hydrogens (tertiary/aromatic N) is 7. The van der Waals surface area contributed by atoms with Gasteiger partial charge in [0.2, 0.25) is 0 Å². The molecule has 0 bridgehead atoms. The third-order valence-corrected chi connectivity index (χ3v) is 5.10. The molecule has 25 heavy (non-hydrogen) atoms. The van der Waals surface area contributed by atoms with Gasteiger partial charge in [-0.3, -0.25) is 4.90 Å². The second-order valence-corrected chi connectivity index (χ2v) is 7.13. The molecule has 0 aromatic carbocycles. The average Bonchev–Trinajstić information content (AvgIpc) is 3.18. The number of anilines is 1. The van der Waals surface area contributed by atoms with Gasteiger partial charge in [-0.15, -0.1) is 15.3 Å². The second-order valence-electron chi connectivity index (χ2n) is 7.13. The van der Waals surface area contributed by atoms with E-state index in [0.29, 0.717) is 12.0 Å². The Labute approximate surface area is 145 Å². The highest BCUT2D eigenvalue weighted by Gasteiger charge is 2.33. The average molecular weight is 339 g/mol. The van der Waals surface area contributed by atoms with Crippen LogP contribution in [0.3, 0.4) is 0 Å². The van der Waals surface area contributed by atoms with Crippen molar-refractivity contribution >= 4 is 11.5 Å². The summed E-state index contributed by atoms with van der Waals surface area (Å²) in [6.07, 6.45) is 4.14. The van der Waals surface area contributed by atoms with Crippen LogP contribution < -0.4 is 4.90 Å². The van der Waals surface area contributed by atoms with Crippen LogP contribution >= 0.6 is 0 Å². The fourth-order valence-electron chi connectivity index (χ4n) is 3.35. The molecular formula is C17H21N7O. The van der Waals surface area contributed by atoms with Crippen LogP contribution in [0.4, 0.5) is 5.82 Å². The van der Waals surface area contributed by atoms with E-state index in [1.54, 1.807) is 6.26 Å². The van der Waals surface area contributed by atoms with Crippen LogP contribution in [0, 0.1) is 6.92 Å². The number of hydrogen-bond acceptors (Lipinski definition) is 7. The minimum atomic E-state index is 0.498. The largest absolute Gasteiger partial charge is 0.449 e. The molecule has 0 unspecified atom stereocenters. The lowest BCUT2D eigenvalue weighted by Gasteiger charge is -2.44. The Morgan fingerprint density at radius 1 is 1.24 bits per heavy atom. The number of likely N-dealkylation sites (N-methyl/N-ethyl adjacent to an activating group) is 1. The van der Waals surface area contributed by atoms with Gasteiger partial charge in [0.25, 0.3) is 0 Å². The molecule has 3 aromatic heterocycles. The monoisotopic (exact) mass is 339 g/mol. The van der Waals surface area contributed by atoms with Gasteiger partial charge < -0.3 is 9.32 Å². The van der Waals surface area contributed by atoms with E-state index in [4.69, 9.17) is 9.52 Å². The Bertz CT molecular complexity index is 907. The summed E-state index contributed by atoms with van der Waals surface area (Å²) in [6, 6.07) is 4.55. The highest BCUT2D eigenvalue weighted by atomic mass is 16.3. The number of aryl methyl sites for hydroxylation is 1. The minimum absolute atomic E-state index is 0.498. The van der Waals surface area contributed by atoms with Crippen LogP contribution in [0.15, 0.2) is 22.8 Å². The summed E-state index contributed by atoms with van der Waals surface area (Å²) in [7, 11) is 2.13. The van der Waals surface area contributed by atoms with E-state index in [9.17, 15) is 0 Å². The lowest BCUT2D eigenvalue weighted by molar-refractivity contribution is 0.194. The van der Waals surface area contributed by atoms with Gasteiger partial charge in [0.15, 0.2) is 17.4 Å². The van der Waals surface area contributed by atoms with Gasteiger partial charge in [-0.2, -0.15) is 4.52 Å². The zero-order valence-corrected chi connectivity index (χ0v) is 14.5. The number of rotatable bonds is 5. The SMILES string of the molecule is Cc1nc(CN(C)C2CN(c3ccc4nnc(C5CC5)n4n3)C2)co1. The van der Waals surface area contributed by atoms with Gasteiger partial charge in [-0.25, -0.2) is 4.98 Å². The molecule has 8 heteroatoms. The molecule has 2 aliphatic rings. The van der Waals surface area contributed by atoms with Crippen LogP contribution in [-0.4, -0.2) is 55.9 Å². The maximum absolute atomic E-state index is 5.28. The first-order valence-electron chi connectivity index (χ1n) is 8.76. The van der Waals surface area contributed by atoms with E-state index in [2.05, 4.69) is 32.0 Å². The molecule has 1 saturated carbocycles. The normalized spacial score (nSPS) is 18.3. The molecule has 130 valence electrons. The molecule has 1 aliphatic heterocycles. The first-order chi connectivity index (χ1) is 12.2. The highest BCUT2D eigenvalue weighted by Crippen LogP contribution is 2.38. The van der Waals surface area contributed by atoms with Crippen molar-refractivity contribution in [2.45, 2.75) is 38.3 Å². The zero-order chi connectivity index (χ0) is 17.0. The van der Waals surface area contributed by atoms with Gasteiger partial charge in [-0.1, -0.05) is 0 Å². The van der Waals surface area contributed by atoms with Crippen molar-refractivity contribution in [1.29, 1.82) is 0 Å². The van der Waals surface area contributed by atoms with Crippen molar-refractivity contribution in [2.24, 2.45) is 0 Å². The molecular weight excluding hydrogens is 318 g/mol. The molecule has 0 atom stereocenters. The van der Waals surface area contributed by atoms with E-state index in [0.717, 1.165) is 48.5 Å². The van der Waals surface area contributed by atoms with E-state index >= 15 is 0 Å². The third kappa shape index (κ3) is 2.66. The summed E-state index contributed by atoms with van der Waals surface area (Å²) in [5, 5.41) is 13.3. The summed E-state index contributed by atoms with van der Waals surface area (Å²) in [6.45, 7) is 4.61. The predicted octanol–water partition coefficient (Wildman–Crippen LogP) is 1.62. The molecule has 5 rings (SSSR count). The van der Waals surface area contributed by atoms with Crippen molar-refractivity contribution in [3.63, 3.8) is 0 Å². The smallest absolute Gasteiger partial charge is 0.191 e. The predicted molar refractivity (Wildman–Crippen MR) is 91.5 cm³/mol. The Morgan fingerprint density at radius 2 is 2.08 bits per heavy atom. The molecule has 1 saturated heterocycles. The molecule has 3 aromatic rings. The summed E-state index contributed by atoms with van der Waals surface area (Å²) in [4.78, 5) is 8.99. The summed E-state index contributed by atoms with van der Waals surface area (Å²) >= 11 is 0. The standard InChI is InChI=1S/C17H21N7O/c1-11-18-13(10-25-11)7-22(2)14-8-23(9-14)16-6-5-15-19-20-17(12-3-4-12)24(15)21-16/h5-6,10,12,14H,3-4,7-9H2,1-2H3. The Hall–Kier alpha value is -2.48. The van der Waals surface area contributed by atoms with Crippen molar-refractivity contribution < 1.29 is 4.42 Å². The molecule has 2 fully saturated rings. The number of fused-ring (bicyclic) bond motifs is 1. The summed E-state index contributed by atoms with van der Waals surface area (Å²) < 4.78 is 7.20. The first-order valence-corrected chi connectivity index (χ1v) is 8.76. The van der Waals surface area contributed by atoms with Crippen molar-refractivity contribution in [1.82, 2.24) is 29.7 Å². The number of aromatic nitrogens is 5. The summed E-state index contributed by atoms with van der Waals surface area (Å²) in [5.74, 6) is 3.26. The zero-order valence-electron chi connectivity index (χ0n) is 14.5. The Balaban J connectivity index is 1.26. The second kappa shape index (κ2) is 5.52. The van der Waals surface area contributed by atoms with E-state index in [1.807, 2.05) is 23.6 Å². The quantitative estimate of drug-likeness (QED) is 0.699. The maximum Gasteiger partial charge on any atom is 0.191 e. The van der Waals surface area contributed by atoms with Gasteiger partial charge in [-0.05, 0) is 32.0 Å². The van der Waals surface area contributed by atoms with Crippen molar-refractivity contribution in [3.05, 3.63) is 35.8 Å². The molecule has 0 spiro atoms. The van der Waals surface area contributed by atoms with Gasteiger partial charge >= 0.3 is 0 Å². The Morgan fingerprint density at radius 3 is 2.80 bits per heavy atom. The first kappa shape index (κ1) is 14.8. The van der Waals surface area contributed by atoms with Crippen LogP contribution in [0.1, 0.15) is 36.2 Å². The molecule has 0 radical (unpaired) electrons. The molecule has 0 amide bonds. The van der Waals surface area contributed by atoms with E-state index < -0.39 is 0 Å². The van der Waals surface area contributed by atoms with Crippen LogP contribution in [0.2, 0.25) is 0 Å². The van der Waals surface area contributed by atoms with Gasteiger partial charge in [0.1, 0.15) is 12.1 Å².